The number of carbonyl (C=O) groups is 2. The molecule has 0 radical (unpaired) electrons. The molecule has 5 nitrogen and oxygen atoms in total. The molecule has 0 aromatic carbocycles. The molecule has 0 saturated carbocycles. The van der Waals surface area contributed by atoms with Crippen molar-refractivity contribution in [2.45, 2.75) is 26.3 Å². The topological polar surface area (TPSA) is 66.8 Å². The number of ether oxygens (including phenoxy) is 1. The fraction of sp³-hybridized carbons (Fsp3) is 0.800. The van der Waals surface area contributed by atoms with Crippen LogP contribution in [0.15, 0.2) is 0 Å². The Morgan fingerprint density at radius 3 is 2.73 bits per heavy atom. The number of hydrogen-bond donors (Lipinski definition) is 1. The minimum atomic E-state index is -0.734. The van der Waals surface area contributed by atoms with E-state index in [1.807, 2.05) is 0 Å². The highest BCUT2D eigenvalue weighted by Gasteiger charge is 2.45. The third-order valence-electron chi connectivity index (χ3n) is 3.04. The van der Waals surface area contributed by atoms with E-state index >= 15 is 0 Å². The molecule has 1 N–H and O–H groups in total. The van der Waals surface area contributed by atoms with E-state index in [0.29, 0.717) is 13.0 Å². The molecule has 1 heterocycles. The van der Waals surface area contributed by atoms with Crippen LogP contribution in [0.3, 0.4) is 0 Å². The molecule has 86 valence electrons. The normalized spacial score (nSPS) is 28.0. The maximum absolute atomic E-state index is 11.9. The second-order valence-electron chi connectivity index (χ2n) is 4.17. The third kappa shape index (κ3) is 1.97. The van der Waals surface area contributed by atoms with Gasteiger partial charge in [-0.05, 0) is 20.3 Å². The Labute approximate surface area is 89.0 Å². The van der Waals surface area contributed by atoms with Gasteiger partial charge in [0.2, 0.25) is 5.91 Å². The summed E-state index contributed by atoms with van der Waals surface area (Å²) in [5.41, 5.74) is -0.734. The van der Waals surface area contributed by atoms with E-state index in [2.05, 4.69) is 4.74 Å². The number of carbonyl (C=O) groups excluding carboxylic acids is 2. The van der Waals surface area contributed by atoms with Crippen molar-refractivity contribution in [3.63, 3.8) is 0 Å². The van der Waals surface area contributed by atoms with Gasteiger partial charge in [-0.3, -0.25) is 4.79 Å². The van der Waals surface area contributed by atoms with E-state index in [4.69, 9.17) is 5.11 Å². The highest BCUT2D eigenvalue weighted by molar-refractivity contribution is 5.89. The van der Waals surface area contributed by atoms with Crippen molar-refractivity contribution in [3.8, 4) is 0 Å². The summed E-state index contributed by atoms with van der Waals surface area (Å²) in [4.78, 5) is 24.6. The fourth-order valence-electron chi connectivity index (χ4n) is 1.74. The van der Waals surface area contributed by atoms with E-state index < -0.39 is 17.4 Å². The zero-order valence-electron chi connectivity index (χ0n) is 9.32. The van der Waals surface area contributed by atoms with E-state index in [-0.39, 0.29) is 12.5 Å². The maximum Gasteiger partial charge on any atom is 0.328 e. The van der Waals surface area contributed by atoms with Crippen molar-refractivity contribution >= 4 is 11.9 Å². The van der Waals surface area contributed by atoms with Gasteiger partial charge in [-0.25, -0.2) is 4.79 Å². The van der Waals surface area contributed by atoms with Crippen molar-refractivity contribution in [2.24, 2.45) is 5.41 Å². The Morgan fingerprint density at radius 1 is 1.73 bits per heavy atom. The van der Waals surface area contributed by atoms with Crippen molar-refractivity contribution in [1.82, 2.24) is 4.90 Å². The monoisotopic (exact) mass is 215 g/mol. The van der Waals surface area contributed by atoms with E-state index in [1.54, 1.807) is 13.8 Å². The predicted molar refractivity (Wildman–Crippen MR) is 53.0 cm³/mol. The number of nitrogens with zero attached hydrogens (tertiary/aromatic N) is 1. The van der Waals surface area contributed by atoms with E-state index in [0.717, 1.165) is 0 Å². The summed E-state index contributed by atoms with van der Waals surface area (Å²) in [6.45, 7) is 3.65. The molecule has 1 aliphatic rings. The van der Waals surface area contributed by atoms with Crippen LogP contribution in [0.5, 0.6) is 0 Å². The molecule has 0 aromatic rings. The highest BCUT2D eigenvalue weighted by atomic mass is 16.5. The molecule has 1 rings (SSSR count). The molecule has 1 aliphatic heterocycles. The summed E-state index contributed by atoms with van der Waals surface area (Å²) in [6.07, 6.45) is 0.573. The number of amides is 1. The number of methoxy groups -OCH3 is 1. The Morgan fingerprint density at radius 2 is 2.33 bits per heavy atom. The first-order chi connectivity index (χ1) is 6.96. The average molecular weight is 215 g/mol. The maximum atomic E-state index is 11.9. The Bertz CT molecular complexity index is 279. The predicted octanol–water partition coefficient (Wildman–Crippen LogP) is -0.221. The van der Waals surface area contributed by atoms with Crippen LogP contribution in [0.4, 0.5) is 0 Å². The zero-order valence-corrected chi connectivity index (χ0v) is 9.32. The molecule has 0 spiro atoms. The van der Waals surface area contributed by atoms with Crippen LogP contribution in [0.25, 0.3) is 0 Å². The van der Waals surface area contributed by atoms with Gasteiger partial charge in [-0.15, -0.1) is 0 Å². The van der Waals surface area contributed by atoms with Gasteiger partial charge in [0.25, 0.3) is 0 Å². The fourth-order valence-corrected chi connectivity index (χ4v) is 1.74. The largest absolute Gasteiger partial charge is 0.467 e. The van der Waals surface area contributed by atoms with Gasteiger partial charge >= 0.3 is 5.97 Å². The molecule has 0 bridgehead atoms. The Hall–Kier alpha value is -1.10. The van der Waals surface area contributed by atoms with Crippen LogP contribution in [-0.2, 0) is 14.3 Å². The van der Waals surface area contributed by atoms with Gasteiger partial charge < -0.3 is 14.7 Å². The quantitative estimate of drug-likeness (QED) is 0.661. The van der Waals surface area contributed by atoms with Gasteiger partial charge in [0.15, 0.2) is 0 Å². The van der Waals surface area contributed by atoms with Crippen LogP contribution in [0, 0.1) is 5.41 Å². The van der Waals surface area contributed by atoms with Crippen LogP contribution >= 0.6 is 0 Å². The smallest absolute Gasteiger partial charge is 0.328 e. The summed E-state index contributed by atoms with van der Waals surface area (Å²) >= 11 is 0. The summed E-state index contributed by atoms with van der Waals surface area (Å²) < 4.78 is 4.58. The van der Waals surface area contributed by atoms with Gasteiger partial charge in [-0.1, -0.05) is 0 Å². The van der Waals surface area contributed by atoms with Crippen molar-refractivity contribution < 1.29 is 19.4 Å². The molecule has 1 amide bonds. The van der Waals surface area contributed by atoms with Crippen LogP contribution in [0.1, 0.15) is 20.3 Å². The highest BCUT2D eigenvalue weighted by Crippen LogP contribution is 2.32. The summed E-state index contributed by atoms with van der Waals surface area (Å²) in [7, 11) is 1.30. The standard InChI is InChI=1S/C10H17NO4/c1-7(8(13)15-3)11-5-4-10(2,6-12)9(11)14/h7,12H,4-6H2,1-3H3/t7-,10?/m1/s1. The molecule has 1 unspecified atom stereocenters. The molecular formula is C10H17NO4. The minimum Gasteiger partial charge on any atom is -0.467 e. The molecule has 2 atom stereocenters. The molecule has 0 aliphatic carbocycles. The van der Waals surface area contributed by atoms with Crippen LogP contribution in [0.2, 0.25) is 0 Å². The van der Waals surface area contributed by atoms with Crippen molar-refractivity contribution in [2.75, 3.05) is 20.3 Å². The van der Waals surface area contributed by atoms with E-state index in [1.165, 1.54) is 12.0 Å². The molecule has 5 heteroatoms. The average Bonchev–Trinajstić information content (AvgIpc) is 2.55. The first-order valence-electron chi connectivity index (χ1n) is 4.96. The number of rotatable bonds is 3. The van der Waals surface area contributed by atoms with Crippen LogP contribution < -0.4 is 0 Å². The van der Waals surface area contributed by atoms with Gasteiger partial charge in [0.05, 0.1) is 19.1 Å². The second kappa shape index (κ2) is 4.18. The first-order valence-corrected chi connectivity index (χ1v) is 4.96. The van der Waals surface area contributed by atoms with Gasteiger partial charge in [0.1, 0.15) is 6.04 Å². The van der Waals surface area contributed by atoms with Crippen molar-refractivity contribution in [1.29, 1.82) is 0 Å². The van der Waals surface area contributed by atoms with E-state index in [9.17, 15) is 9.59 Å². The van der Waals surface area contributed by atoms with Gasteiger partial charge in [0, 0.05) is 6.54 Å². The lowest BCUT2D eigenvalue weighted by Crippen LogP contribution is -2.44. The minimum absolute atomic E-state index is 0.178. The number of hydrogen-bond acceptors (Lipinski definition) is 4. The summed E-state index contributed by atoms with van der Waals surface area (Å²) in [6, 6.07) is -0.573. The molecule has 15 heavy (non-hydrogen) atoms. The second-order valence-corrected chi connectivity index (χ2v) is 4.17. The molecule has 1 saturated heterocycles. The van der Waals surface area contributed by atoms with Crippen molar-refractivity contribution in [3.05, 3.63) is 0 Å². The lowest BCUT2D eigenvalue weighted by Gasteiger charge is -2.25. The SMILES string of the molecule is COC(=O)[C@@H](C)N1CCC(C)(CO)C1=O. The molecule has 0 aromatic heterocycles. The lowest BCUT2D eigenvalue weighted by molar-refractivity contribution is -0.152. The molecule has 1 fully saturated rings. The Balaban J connectivity index is 2.76. The number of aliphatic hydroxyl groups excluding tert-OH is 1. The zero-order chi connectivity index (χ0) is 11.6. The summed E-state index contributed by atoms with van der Waals surface area (Å²) in [5, 5.41) is 9.13. The van der Waals surface area contributed by atoms with Gasteiger partial charge in [-0.2, -0.15) is 0 Å². The van der Waals surface area contributed by atoms with Crippen LogP contribution in [-0.4, -0.2) is 48.2 Å². The lowest BCUT2D eigenvalue weighted by atomic mass is 9.90. The number of esters is 1. The Kier molecular flexibility index (Phi) is 3.34. The summed E-state index contributed by atoms with van der Waals surface area (Å²) in [5.74, 6) is -0.603. The number of likely N-dealkylation sites (tertiary alicyclic amines) is 1. The third-order valence-corrected chi connectivity index (χ3v) is 3.04. The first kappa shape index (κ1) is 12.0. The number of aliphatic hydroxyl groups is 1. The molecular weight excluding hydrogens is 198 g/mol.